The first-order chi connectivity index (χ1) is 5.29. The van der Waals surface area contributed by atoms with Crippen molar-refractivity contribution in [2.45, 2.75) is 19.8 Å². The van der Waals surface area contributed by atoms with E-state index in [2.05, 4.69) is 44.2 Å². The van der Waals surface area contributed by atoms with E-state index in [9.17, 15) is 0 Å². The van der Waals surface area contributed by atoms with Gasteiger partial charge in [0, 0.05) is 0 Å². The summed E-state index contributed by atoms with van der Waals surface area (Å²) in [6.07, 6.45) is 3.36. The van der Waals surface area contributed by atoms with E-state index in [1.54, 1.807) is 0 Å². The molecule has 0 fully saturated rings. The smallest absolute Gasteiger partial charge is 1.00 e. The van der Waals surface area contributed by atoms with Crippen LogP contribution >= 0.6 is 0 Å². The van der Waals surface area contributed by atoms with E-state index in [1.807, 2.05) is 0 Å². The molecule has 0 saturated carbocycles. The third kappa shape index (κ3) is 4.13. The van der Waals surface area contributed by atoms with E-state index in [0.29, 0.717) is 5.92 Å². The monoisotopic (exact) mass is 296 g/mol. The first-order valence-corrected chi connectivity index (χ1v) is 3.98. The summed E-state index contributed by atoms with van der Waals surface area (Å²) >= 11 is 0. The van der Waals surface area contributed by atoms with E-state index in [1.165, 1.54) is 16.7 Å². The summed E-state index contributed by atoms with van der Waals surface area (Å²) in [5.41, 5.74) is 4.05. The maximum atomic E-state index is 3.36. The summed E-state index contributed by atoms with van der Waals surface area (Å²) in [7, 11) is 0. The Morgan fingerprint density at radius 1 is 1.07 bits per heavy atom. The Labute approximate surface area is 125 Å². The Kier molecular flexibility index (Phi) is 12.1. The predicted octanol–water partition coefficient (Wildman–Crippen LogP) is -6.09. The van der Waals surface area contributed by atoms with Gasteiger partial charge in [0.15, 0.2) is 0 Å². The Morgan fingerprint density at radius 2 is 1.60 bits per heavy atom. The Bertz CT molecular complexity index is 323. The van der Waals surface area contributed by atoms with Crippen molar-refractivity contribution in [3.8, 4) is 0 Å². The van der Waals surface area contributed by atoms with Crippen LogP contribution in [0.2, 0.25) is 0 Å². The SMILES string of the molecule is CC1=[C-]c2ccccc2C1C.[Cl-].[Cl-].[Cl-].[Ti+4]. The van der Waals surface area contributed by atoms with Gasteiger partial charge >= 0.3 is 21.7 Å². The van der Waals surface area contributed by atoms with Crippen LogP contribution < -0.4 is 37.2 Å². The summed E-state index contributed by atoms with van der Waals surface area (Å²) in [4.78, 5) is 0. The minimum Gasteiger partial charge on any atom is -1.00 e. The van der Waals surface area contributed by atoms with Crippen molar-refractivity contribution in [3.05, 3.63) is 47.0 Å². The molecule has 4 heteroatoms. The molecule has 1 unspecified atom stereocenters. The zero-order chi connectivity index (χ0) is 7.84. The number of fused-ring (bicyclic) bond motifs is 1. The largest absolute Gasteiger partial charge is 4.00 e. The average Bonchev–Trinajstić information content (AvgIpc) is 2.30. The molecule has 0 heterocycles. The van der Waals surface area contributed by atoms with Crippen molar-refractivity contribution in [1.29, 1.82) is 0 Å². The van der Waals surface area contributed by atoms with Crippen molar-refractivity contribution < 1.29 is 58.9 Å². The van der Waals surface area contributed by atoms with E-state index in [4.69, 9.17) is 0 Å². The molecule has 0 aromatic heterocycles. The van der Waals surface area contributed by atoms with Crippen LogP contribution in [0, 0.1) is 6.08 Å². The van der Waals surface area contributed by atoms with Crippen LogP contribution in [0.4, 0.5) is 0 Å². The van der Waals surface area contributed by atoms with Crippen LogP contribution in [0.25, 0.3) is 0 Å². The topological polar surface area (TPSA) is 0 Å². The van der Waals surface area contributed by atoms with Crippen LogP contribution in [0.5, 0.6) is 0 Å². The van der Waals surface area contributed by atoms with Crippen molar-refractivity contribution in [1.82, 2.24) is 0 Å². The molecule has 15 heavy (non-hydrogen) atoms. The molecule has 0 amide bonds. The maximum absolute atomic E-state index is 3.36. The van der Waals surface area contributed by atoms with E-state index in [0.717, 1.165) is 0 Å². The normalized spacial score (nSPS) is 15.6. The van der Waals surface area contributed by atoms with E-state index >= 15 is 0 Å². The van der Waals surface area contributed by atoms with Gasteiger partial charge in [-0.05, 0) is 0 Å². The molecular formula is C11H11Cl3Ti. The quantitative estimate of drug-likeness (QED) is 0.330. The molecule has 1 aromatic carbocycles. The minimum atomic E-state index is 0. The van der Waals surface area contributed by atoms with Gasteiger partial charge in [0.2, 0.25) is 0 Å². The molecular weight excluding hydrogens is 286 g/mol. The Hall–Kier alpha value is 0.544. The molecule has 80 valence electrons. The van der Waals surface area contributed by atoms with Crippen LogP contribution in [-0.2, 0) is 21.7 Å². The zero-order valence-electron chi connectivity index (χ0n) is 8.52. The summed E-state index contributed by atoms with van der Waals surface area (Å²) in [5.74, 6) is 0.575. The molecule has 1 aliphatic rings. The molecule has 0 radical (unpaired) electrons. The van der Waals surface area contributed by atoms with E-state index in [-0.39, 0.29) is 58.9 Å². The van der Waals surface area contributed by atoms with Gasteiger partial charge in [-0.3, -0.25) is 0 Å². The molecule has 0 bridgehead atoms. The summed E-state index contributed by atoms with van der Waals surface area (Å²) in [5, 5.41) is 0. The van der Waals surface area contributed by atoms with Gasteiger partial charge in [-0.25, -0.2) is 0 Å². The average molecular weight is 297 g/mol. The van der Waals surface area contributed by atoms with Gasteiger partial charge in [0.25, 0.3) is 0 Å². The Morgan fingerprint density at radius 3 is 2.13 bits per heavy atom. The molecule has 0 aliphatic heterocycles. The van der Waals surface area contributed by atoms with Gasteiger partial charge in [-0.15, -0.1) is 23.3 Å². The maximum Gasteiger partial charge on any atom is 4.00 e. The second-order valence-electron chi connectivity index (χ2n) is 3.12. The first-order valence-electron chi connectivity index (χ1n) is 3.98. The number of rotatable bonds is 0. The zero-order valence-corrected chi connectivity index (χ0v) is 12.3. The summed E-state index contributed by atoms with van der Waals surface area (Å²) in [6, 6.07) is 8.47. The molecule has 0 saturated heterocycles. The molecule has 0 N–H and O–H groups in total. The third-order valence-corrected chi connectivity index (χ3v) is 2.41. The first kappa shape index (κ1) is 20.9. The fourth-order valence-electron chi connectivity index (χ4n) is 1.54. The predicted molar refractivity (Wildman–Crippen MR) is 46.4 cm³/mol. The molecule has 1 aliphatic carbocycles. The van der Waals surface area contributed by atoms with Gasteiger partial charge in [0.05, 0.1) is 0 Å². The van der Waals surface area contributed by atoms with Crippen molar-refractivity contribution in [2.24, 2.45) is 0 Å². The standard InChI is InChI=1S/C11H11.3ClH.Ti/c1-8-7-10-5-3-4-6-11(10)9(8)2;;;;/h3-6,9H,1-2H3;3*1H;/q-1;;;;+4/p-3. The molecule has 0 spiro atoms. The fourth-order valence-corrected chi connectivity index (χ4v) is 1.54. The molecule has 2 rings (SSSR count). The van der Waals surface area contributed by atoms with Gasteiger partial charge in [-0.2, -0.15) is 17.7 Å². The number of benzene rings is 1. The summed E-state index contributed by atoms with van der Waals surface area (Å²) < 4.78 is 0. The van der Waals surface area contributed by atoms with Gasteiger partial charge in [-0.1, -0.05) is 25.8 Å². The van der Waals surface area contributed by atoms with Gasteiger partial charge in [0.1, 0.15) is 0 Å². The van der Waals surface area contributed by atoms with Gasteiger partial charge < -0.3 is 37.2 Å². The van der Waals surface area contributed by atoms with E-state index < -0.39 is 0 Å². The molecule has 1 aromatic rings. The van der Waals surface area contributed by atoms with Crippen LogP contribution in [-0.4, -0.2) is 0 Å². The van der Waals surface area contributed by atoms with Crippen LogP contribution in [0.3, 0.4) is 0 Å². The van der Waals surface area contributed by atoms with Crippen LogP contribution in [0.1, 0.15) is 30.9 Å². The van der Waals surface area contributed by atoms with Crippen molar-refractivity contribution in [3.63, 3.8) is 0 Å². The van der Waals surface area contributed by atoms with Crippen molar-refractivity contribution >= 4 is 0 Å². The minimum absolute atomic E-state index is 0. The summed E-state index contributed by atoms with van der Waals surface area (Å²) in [6.45, 7) is 4.37. The molecule has 1 atom stereocenters. The second-order valence-corrected chi connectivity index (χ2v) is 3.12. The van der Waals surface area contributed by atoms with Crippen LogP contribution in [0.15, 0.2) is 29.8 Å². The number of halogens is 3. The number of allylic oxidation sites excluding steroid dienone is 1. The number of hydrogen-bond acceptors (Lipinski definition) is 0. The van der Waals surface area contributed by atoms with Crippen molar-refractivity contribution in [2.75, 3.05) is 0 Å². The number of hydrogen-bond donors (Lipinski definition) is 0. The molecule has 0 nitrogen and oxygen atoms in total. The Balaban J connectivity index is -0.000000360. The fraction of sp³-hybridized carbons (Fsp3) is 0.273. The third-order valence-electron chi connectivity index (χ3n) is 2.41. The second kappa shape index (κ2) is 8.67.